The van der Waals surface area contributed by atoms with Crippen molar-refractivity contribution in [3.63, 3.8) is 0 Å². The van der Waals surface area contributed by atoms with E-state index < -0.39 is 0 Å². The van der Waals surface area contributed by atoms with Gasteiger partial charge in [-0.15, -0.1) is 0 Å². The Hall–Kier alpha value is -3.38. The Bertz CT molecular complexity index is 1070. The molecule has 0 radical (unpaired) electrons. The normalized spacial score (nSPS) is 15.1. The summed E-state index contributed by atoms with van der Waals surface area (Å²) in [6.45, 7) is 5.97. The molecule has 0 bridgehead atoms. The first-order chi connectivity index (χ1) is 16.4. The summed E-state index contributed by atoms with van der Waals surface area (Å²) in [5.41, 5.74) is 5.18. The zero-order valence-corrected chi connectivity index (χ0v) is 20.2. The fraction of sp³-hybridized carbons (Fsp3) is 0.321. The minimum Gasteiger partial charge on any atom is -0.378 e. The van der Waals surface area contributed by atoms with E-state index >= 15 is 0 Å². The van der Waals surface area contributed by atoms with Crippen LogP contribution in [0.4, 0.5) is 15.8 Å². The first-order valence-corrected chi connectivity index (χ1v) is 11.8. The summed E-state index contributed by atoms with van der Waals surface area (Å²) >= 11 is 0. The maximum atomic E-state index is 13.3. The Morgan fingerprint density at radius 1 is 0.912 bits per heavy atom. The van der Waals surface area contributed by atoms with Gasteiger partial charge in [0.1, 0.15) is 5.82 Å². The van der Waals surface area contributed by atoms with Crippen LogP contribution >= 0.6 is 0 Å². The van der Waals surface area contributed by atoms with Crippen molar-refractivity contribution in [2.75, 3.05) is 56.6 Å². The summed E-state index contributed by atoms with van der Waals surface area (Å²) < 4.78 is 13.3. The van der Waals surface area contributed by atoms with E-state index in [-0.39, 0.29) is 17.8 Å². The monoisotopic (exact) mass is 460 g/mol. The predicted molar refractivity (Wildman–Crippen MR) is 137 cm³/mol. The van der Waals surface area contributed by atoms with Crippen LogP contribution in [-0.2, 0) is 0 Å². The molecule has 0 aliphatic carbocycles. The van der Waals surface area contributed by atoms with Gasteiger partial charge in [-0.2, -0.15) is 0 Å². The van der Waals surface area contributed by atoms with E-state index in [0.717, 1.165) is 43.1 Å². The lowest BCUT2D eigenvalue weighted by atomic mass is 10.0. The number of hydrogen-bond acceptors (Lipinski definition) is 4. The number of anilines is 2. The second-order valence-electron chi connectivity index (χ2n) is 9.08. The smallest absolute Gasteiger partial charge is 0.251 e. The fourth-order valence-corrected chi connectivity index (χ4v) is 4.39. The standard InChI is InChI=1S/C28H33FN4O/c1-21-4-6-23(7-5-21)28(34)30-20-27(22-8-12-25(13-9-22)31(2)3)33-18-16-32(17-19-33)26-14-10-24(29)11-15-26/h4-15,27H,16-20H2,1-3H3,(H,30,34)/t27-/m0/s1. The number of benzene rings is 3. The predicted octanol–water partition coefficient (Wildman–Crippen LogP) is 4.49. The number of aryl methyl sites for hydroxylation is 1. The molecule has 3 aromatic rings. The molecule has 1 N–H and O–H groups in total. The van der Waals surface area contributed by atoms with Gasteiger partial charge < -0.3 is 15.1 Å². The molecule has 0 unspecified atom stereocenters. The molecule has 4 rings (SSSR count). The molecule has 6 heteroatoms. The maximum Gasteiger partial charge on any atom is 0.251 e. The van der Waals surface area contributed by atoms with Crippen molar-refractivity contribution in [2.24, 2.45) is 0 Å². The summed E-state index contributed by atoms with van der Waals surface area (Å²) in [7, 11) is 4.06. The molecule has 1 aliphatic heterocycles. The van der Waals surface area contributed by atoms with Crippen LogP contribution in [-0.4, -0.2) is 57.6 Å². The van der Waals surface area contributed by atoms with Gasteiger partial charge in [0.25, 0.3) is 5.91 Å². The van der Waals surface area contributed by atoms with E-state index in [9.17, 15) is 9.18 Å². The molecule has 1 saturated heterocycles. The van der Waals surface area contributed by atoms with Crippen LogP contribution in [0.25, 0.3) is 0 Å². The summed E-state index contributed by atoms with van der Waals surface area (Å²) in [5.74, 6) is -0.271. The van der Waals surface area contributed by atoms with Crippen LogP contribution < -0.4 is 15.1 Å². The van der Waals surface area contributed by atoms with Crippen molar-refractivity contribution in [2.45, 2.75) is 13.0 Å². The first kappa shape index (κ1) is 23.8. The van der Waals surface area contributed by atoms with Gasteiger partial charge in [0, 0.05) is 63.8 Å². The molecule has 1 fully saturated rings. The lowest BCUT2D eigenvalue weighted by molar-refractivity contribution is 0.0930. The van der Waals surface area contributed by atoms with Gasteiger partial charge in [-0.25, -0.2) is 4.39 Å². The Balaban J connectivity index is 1.47. The third kappa shape index (κ3) is 5.75. The van der Waals surface area contributed by atoms with Crippen LogP contribution in [0.2, 0.25) is 0 Å². The molecule has 1 atom stereocenters. The molecule has 0 saturated carbocycles. The minimum absolute atomic E-state index is 0.0557. The van der Waals surface area contributed by atoms with Crippen molar-refractivity contribution >= 4 is 17.3 Å². The van der Waals surface area contributed by atoms with Crippen LogP contribution in [0, 0.1) is 12.7 Å². The van der Waals surface area contributed by atoms with Crippen LogP contribution in [0.1, 0.15) is 27.5 Å². The summed E-state index contributed by atoms with van der Waals surface area (Å²) in [5, 5.41) is 3.15. The Morgan fingerprint density at radius 2 is 1.53 bits per heavy atom. The van der Waals surface area contributed by atoms with Gasteiger partial charge in [-0.1, -0.05) is 29.8 Å². The Morgan fingerprint density at radius 3 is 2.12 bits per heavy atom. The molecule has 3 aromatic carbocycles. The highest BCUT2D eigenvalue weighted by molar-refractivity contribution is 5.94. The largest absolute Gasteiger partial charge is 0.378 e. The van der Waals surface area contributed by atoms with E-state index in [4.69, 9.17) is 0 Å². The summed E-state index contributed by atoms with van der Waals surface area (Å²) in [4.78, 5) is 19.6. The second-order valence-corrected chi connectivity index (χ2v) is 9.08. The number of carbonyl (C=O) groups excluding carboxylic acids is 1. The fourth-order valence-electron chi connectivity index (χ4n) is 4.39. The molecule has 5 nitrogen and oxygen atoms in total. The molecule has 0 spiro atoms. The number of piperazine rings is 1. The van der Waals surface area contributed by atoms with Crippen molar-refractivity contribution in [1.82, 2.24) is 10.2 Å². The average Bonchev–Trinajstić information content (AvgIpc) is 2.85. The Labute approximate surface area is 201 Å². The zero-order chi connectivity index (χ0) is 24.1. The molecular weight excluding hydrogens is 427 g/mol. The first-order valence-electron chi connectivity index (χ1n) is 11.8. The topological polar surface area (TPSA) is 38.8 Å². The number of nitrogens with one attached hydrogen (secondary N) is 1. The lowest BCUT2D eigenvalue weighted by Gasteiger charge is -2.40. The van der Waals surface area contributed by atoms with Crippen LogP contribution in [0.3, 0.4) is 0 Å². The number of amides is 1. The molecule has 1 aliphatic rings. The number of nitrogens with zero attached hydrogens (tertiary/aromatic N) is 3. The van der Waals surface area contributed by atoms with Gasteiger partial charge in [0.05, 0.1) is 6.04 Å². The van der Waals surface area contributed by atoms with E-state index in [1.165, 1.54) is 17.7 Å². The summed E-state index contributed by atoms with van der Waals surface area (Å²) in [6, 6.07) is 23.0. The van der Waals surface area contributed by atoms with E-state index in [1.807, 2.05) is 57.4 Å². The highest BCUT2D eigenvalue weighted by Crippen LogP contribution is 2.26. The van der Waals surface area contributed by atoms with E-state index in [2.05, 4.69) is 44.3 Å². The molecular formula is C28H33FN4O. The maximum absolute atomic E-state index is 13.3. The average molecular weight is 461 g/mol. The highest BCUT2D eigenvalue weighted by Gasteiger charge is 2.26. The molecule has 1 heterocycles. The van der Waals surface area contributed by atoms with Gasteiger partial charge >= 0.3 is 0 Å². The van der Waals surface area contributed by atoms with Crippen LogP contribution in [0.5, 0.6) is 0 Å². The lowest BCUT2D eigenvalue weighted by Crippen LogP contribution is -2.50. The van der Waals surface area contributed by atoms with E-state index in [1.54, 1.807) is 0 Å². The van der Waals surface area contributed by atoms with Crippen LogP contribution in [0.15, 0.2) is 72.8 Å². The molecule has 0 aromatic heterocycles. The van der Waals surface area contributed by atoms with Gasteiger partial charge in [-0.3, -0.25) is 9.69 Å². The molecule has 34 heavy (non-hydrogen) atoms. The number of carbonyl (C=O) groups is 1. The molecule has 178 valence electrons. The van der Waals surface area contributed by atoms with Crippen molar-refractivity contribution < 1.29 is 9.18 Å². The highest BCUT2D eigenvalue weighted by atomic mass is 19.1. The van der Waals surface area contributed by atoms with Crippen molar-refractivity contribution in [3.8, 4) is 0 Å². The third-order valence-electron chi connectivity index (χ3n) is 6.51. The van der Waals surface area contributed by atoms with Crippen molar-refractivity contribution in [3.05, 3.63) is 95.3 Å². The van der Waals surface area contributed by atoms with E-state index in [0.29, 0.717) is 12.1 Å². The number of hydrogen-bond donors (Lipinski definition) is 1. The zero-order valence-electron chi connectivity index (χ0n) is 20.2. The third-order valence-corrected chi connectivity index (χ3v) is 6.51. The van der Waals surface area contributed by atoms with Crippen molar-refractivity contribution in [1.29, 1.82) is 0 Å². The number of rotatable bonds is 7. The van der Waals surface area contributed by atoms with Gasteiger partial charge in [0.2, 0.25) is 0 Å². The SMILES string of the molecule is Cc1ccc(C(=O)NC[C@@H](c2ccc(N(C)C)cc2)N2CCN(c3ccc(F)cc3)CC2)cc1. The second kappa shape index (κ2) is 10.7. The quantitative estimate of drug-likeness (QED) is 0.564. The Kier molecular flexibility index (Phi) is 7.48. The number of halogens is 1. The van der Waals surface area contributed by atoms with Gasteiger partial charge in [-0.05, 0) is 61.0 Å². The van der Waals surface area contributed by atoms with Gasteiger partial charge in [0.15, 0.2) is 0 Å². The summed E-state index contributed by atoms with van der Waals surface area (Å²) in [6.07, 6.45) is 0. The molecule has 1 amide bonds. The minimum atomic E-state index is -0.215.